The first kappa shape index (κ1) is 14.3. The molecule has 1 aliphatic rings. The van der Waals surface area contributed by atoms with Gasteiger partial charge in [-0.2, -0.15) is 0 Å². The second-order valence-electron chi connectivity index (χ2n) is 5.38. The zero-order valence-corrected chi connectivity index (χ0v) is 11.5. The van der Waals surface area contributed by atoms with E-state index < -0.39 is 0 Å². The highest BCUT2D eigenvalue weighted by molar-refractivity contribution is 5.29. The van der Waals surface area contributed by atoms with Gasteiger partial charge in [0.1, 0.15) is 0 Å². The predicted octanol–water partition coefficient (Wildman–Crippen LogP) is 2.44. The number of nitrogens with one attached hydrogen (secondary N) is 1. The fraction of sp³-hybridized carbons (Fsp3) is 0.600. The lowest BCUT2D eigenvalue weighted by atomic mass is 9.86. The van der Waals surface area contributed by atoms with Gasteiger partial charge in [-0.05, 0) is 55.8 Å². The molecule has 106 valence electrons. The normalized spacial score (nSPS) is 23.3. The smallest absolute Gasteiger partial charge is 0.165 e. The monoisotopic (exact) mass is 266 g/mol. The van der Waals surface area contributed by atoms with E-state index in [1.165, 1.54) is 26.0 Å². The van der Waals surface area contributed by atoms with E-state index in [1.54, 1.807) is 6.07 Å². The molecule has 0 bridgehead atoms. The van der Waals surface area contributed by atoms with Crippen LogP contribution in [0.3, 0.4) is 0 Å². The highest BCUT2D eigenvalue weighted by Gasteiger charge is 2.17. The van der Waals surface area contributed by atoms with Gasteiger partial charge >= 0.3 is 0 Å². The van der Waals surface area contributed by atoms with Crippen molar-refractivity contribution < 1.29 is 9.13 Å². The van der Waals surface area contributed by atoms with Crippen LogP contribution in [0.4, 0.5) is 4.39 Å². The van der Waals surface area contributed by atoms with Gasteiger partial charge in [-0.15, -0.1) is 0 Å². The summed E-state index contributed by atoms with van der Waals surface area (Å²) in [7, 11) is 1.48. The molecule has 1 fully saturated rings. The lowest BCUT2D eigenvalue weighted by molar-refractivity contribution is 0.314. The topological polar surface area (TPSA) is 47.3 Å². The minimum Gasteiger partial charge on any atom is -0.494 e. The van der Waals surface area contributed by atoms with E-state index in [9.17, 15) is 4.39 Å². The van der Waals surface area contributed by atoms with E-state index in [0.29, 0.717) is 24.3 Å². The summed E-state index contributed by atoms with van der Waals surface area (Å²) >= 11 is 0. The molecule has 1 aromatic rings. The molecular formula is C15H23FN2O. The molecule has 0 radical (unpaired) electrons. The van der Waals surface area contributed by atoms with Crippen LogP contribution in [0, 0.1) is 11.7 Å². The Labute approximate surface area is 114 Å². The second kappa shape index (κ2) is 6.87. The van der Waals surface area contributed by atoms with Crippen LogP contribution in [-0.4, -0.2) is 19.7 Å². The molecule has 0 atom stereocenters. The highest BCUT2D eigenvalue weighted by atomic mass is 19.1. The Morgan fingerprint density at radius 3 is 2.68 bits per heavy atom. The van der Waals surface area contributed by atoms with Crippen molar-refractivity contribution in [3.05, 3.63) is 29.6 Å². The van der Waals surface area contributed by atoms with Crippen LogP contribution >= 0.6 is 0 Å². The summed E-state index contributed by atoms with van der Waals surface area (Å²) < 4.78 is 18.4. The zero-order valence-electron chi connectivity index (χ0n) is 11.5. The maximum absolute atomic E-state index is 13.5. The Hall–Kier alpha value is -1.13. The lowest BCUT2D eigenvalue weighted by Gasteiger charge is -2.26. The predicted molar refractivity (Wildman–Crippen MR) is 74.6 cm³/mol. The SMILES string of the molecule is COc1ccc(CNCC2CCC(N)CC2)cc1F. The average molecular weight is 266 g/mol. The Morgan fingerprint density at radius 1 is 1.32 bits per heavy atom. The van der Waals surface area contributed by atoms with E-state index in [4.69, 9.17) is 10.5 Å². The zero-order chi connectivity index (χ0) is 13.7. The van der Waals surface area contributed by atoms with Crippen molar-refractivity contribution in [1.82, 2.24) is 5.32 Å². The molecule has 0 amide bonds. The number of benzene rings is 1. The number of hydrogen-bond acceptors (Lipinski definition) is 3. The van der Waals surface area contributed by atoms with Gasteiger partial charge in [-0.3, -0.25) is 0 Å². The van der Waals surface area contributed by atoms with Gasteiger partial charge < -0.3 is 15.8 Å². The molecule has 1 aromatic carbocycles. The third-order valence-electron chi connectivity index (χ3n) is 3.87. The van der Waals surface area contributed by atoms with Gasteiger partial charge in [0.05, 0.1) is 7.11 Å². The maximum Gasteiger partial charge on any atom is 0.165 e. The summed E-state index contributed by atoms with van der Waals surface area (Å²) in [5.74, 6) is 0.707. The first-order chi connectivity index (χ1) is 9.19. The summed E-state index contributed by atoms with van der Waals surface area (Å²) in [6.07, 6.45) is 4.66. The molecule has 0 spiro atoms. The summed E-state index contributed by atoms with van der Waals surface area (Å²) in [6, 6.07) is 5.49. The average Bonchev–Trinajstić information content (AvgIpc) is 2.41. The van der Waals surface area contributed by atoms with Crippen LogP contribution in [0.5, 0.6) is 5.75 Å². The summed E-state index contributed by atoms with van der Waals surface area (Å²) in [5, 5.41) is 3.40. The van der Waals surface area contributed by atoms with Crippen molar-refractivity contribution in [2.75, 3.05) is 13.7 Å². The quantitative estimate of drug-likeness (QED) is 0.860. The van der Waals surface area contributed by atoms with Gasteiger partial charge in [0, 0.05) is 12.6 Å². The van der Waals surface area contributed by atoms with Gasteiger partial charge in [0.25, 0.3) is 0 Å². The minimum absolute atomic E-state index is 0.296. The summed E-state index contributed by atoms with van der Waals surface area (Å²) in [5.41, 5.74) is 6.84. The standard InChI is InChI=1S/C15H23FN2O/c1-19-15-7-4-12(8-14(15)16)10-18-9-11-2-5-13(17)6-3-11/h4,7-8,11,13,18H,2-3,5-6,9-10,17H2,1H3. The highest BCUT2D eigenvalue weighted by Crippen LogP contribution is 2.22. The number of hydrogen-bond donors (Lipinski definition) is 2. The molecular weight excluding hydrogens is 243 g/mol. The van der Waals surface area contributed by atoms with E-state index in [-0.39, 0.29) is 5.82 Å². The van der Waals surface area contributed by atoms with E-state index in [0.717, 1.165) is 24.9 Å². The third kappa shape index (κ3) is 4.18. The Balaban J connectivity index is 1.75. The molecule has 19 heavy (non-hydrogen) atoms. The molecule has 0 saturated heterocycles. The molecule has 1 saturated carbocycles. The molecule has 4 heteroatoms. The van der Waals surface area contributed by atoms with Crippen molar-refractivity contribution in [3.63, 3.8) is 0 Å². The third-order valence-corrected chi connectivity index (χ3v) is 3.87. The Kier molecular flexibility index (Phi) is 5.16. The van der Waals surface area contributed by atoms with E-state index in [1.807, 2.05) is 6.07 Å². The molecule has 0 aliphatic heterocycles. The van der Waals surface area contributed by atoms with Crippen LogP contribution in [0.2, 0.25) is 0 Å². The lowest BCUT2D eigenvalue weighted by Crippen LogP contribution is -2.31. The fourth-order valence-corrected chi connectivity index (χ4v) is 2.63. The van der Waals surface area contributed by atoms with Crippen molar-refractivity contribution in [2.24, 2.45) is 11.7 Å². The number of methoxy groups -OCH3 is 1. The van der Waals surface area contributed by atoms with Gasteiger partial charge in [0.15, 0.2) is 11.6 Å². The number of halogens is 1. The van der Waals surface area contributed by atoms with Crippen LogP contribution in [0.15, 0.2) is 18.2 Å². The van der Waals surface area contributed by atoms with E-state index >= 15 is 0 Å². The minimum atomic E-state index is -0.301. The molecule has 3 N–H and O–H groups in total. The van der Waals surface area contributed by atoms with Gasteiger partial charge in [-0.1, -0.05) is 6.07 Å². The molecule has 0 aromatic heterocycles. The molecule has 2 rings (SSSR count). The summed E-state index contributed by atoms with van der Waals surface area (Å²) in [6.45, 7) is 1.68. The maximum atomic E-state index is 13.5. The fourth-order valence-electron chi connectivity index (χ4n) is 2.63. The Bertz CT molecular complexity index is 403. The van der Waals surface area contributed by atoms with Crippen LogP contribution < -0.4 is 15.8 Å². The summed E-state index contributed by atoms with van der Waals surface area (Å²) in [4.78, 5) is 0. The molecule has 1 aliphatic carbocycles. The van der Waals surface area contributed by atoms with Crippen molar-refractivity contribution >= 4 is 0 Å². The molecule has 0 heterocycles. The first-order valence-corrected chi connectivity index (χ1v) is 6.97. The van der Waals surface area contributed by atoms with Crippen molar-refractivity contribution in [3.8, 4) is 5.75 Å². The first-order valence-electron chi connectivity index (χ1n) is 6.97. The number of rotatable bonds is 5. The van der Waals surface area contributed by atoms with Crippen molar-refractivity contribution in [2.45, 2.75) is 38.3 Å². The molecule has 3 nitrogen and oxygen atoms in total. The molecule has 0 unspecified atom stereocenters. The van der Waals surface area contributed by atoms with E-state index in [2.05, 4.69) is 5.32 Å². The number of nitrogens with two attached hydrogens (primary N) is 1. The Morgan fingerprint density at radius 2 is 2.05 bits per heavy atom. The van der Waals surface area contributed by atoms with Crippen LogP contribution in [0.1, 0.15) is 31.2 Å². The van der Waals surface area contributed by atoms with Crippen LogP contribution in [0.25, 0.3) is 0 Å². The van der Waals surface area contributed by atoms with Crippen molar-refractivity contribution in [1.29, 1.82) is 0 Å². The van der Waals surface area contributed by atoms with Crippen LogP contribution in [-0.2, 0) is 6.54 Å². The second-order valence-corrected chi connectivity index (χ2v) is 5.38. The largest absolute Gasteiger partial charge is 0.494 e. The van der Waals surface area contributed by atoms with Gasteiger partial charge in [0.2, 0.25) is 0 Å². The number of ether oxygens (including phenoxy) is 1. The van der Waals surface area contributed by atoms with Gasteiger partial charge in [-0.25, -0.2) is 4.39 Å².